The first-order valence-electron chi connectivity index (χ1n) is 5.59. The highest BCUT2D eigenvalue weighted by molar-refractivity contribution is 7.81. The Hall–Kier alpha value is -1.24. The topological polar surface area (TPSA) is 20.3 Å². The van der Waals surface area contributed by atoms with Gasteiger partial charge >= 0.3 is 6.18 Å². The van der Waals surface area contributed by atoms with Crippen molar-refractivity contribution in [2.45, 2.75) is 24.4 Å². The summed E-state index contributed by atoms with van der Waals surface area (Å²) < 4.78 is 51.3. The maximum Gasteiger partial charge on any atom is 0.416 e. The Morgan fingerprint density at radius 2 is 2.05 bits per heavy atom. The maximum atomic E-state index is 12.9. The Kier molecular flexibility index (Phi) is 3.75. The van der Waals surface area contributed by atoms with Crippen LogP contribution < -0.4 is 0 Å². The molecule has 1 heterocycles. The summed E-state index contributed by atoms with van der Waals surface area (Å²) in [6, 6.07) is 2.48. The van der Waals surface area contributed by atoms with Gasteiger partial charge in [-0.1, -0.05) is 6.07 Å². The third-order valence-electron chi connectivity index (χ3n) is 2.93. The molecule has 7 heteroatoms. The second-order valence-corrected chi connectivity index (χ2v) is 5.16. The number of carbonyl (C=O) groups is 1. The molecule has 1 atom stereocenters. The number of likely N-dealkylation sites (tertiary alicyclic amines) is 1. The van der Waals surface area contributed by atoms with Crippen LogP contribution in [0, 0.1) is 5.82 Å². The number of amides is 1. The lowest BCUT2D eigenvalue weighted by Crippen LogP contribution is -2.26. The molecule has 19 heavy (non-hydrogen) atoms. The van der Waals surface area contributed by atoms with Crippen LogP contribution in [-0.2, 0) is 17.5 Å². The van der Waals surface area contributed by atoms with E-state index >= 15 is 0 Å². The molecule has 2 rings (SSSR count). The van der Waals surface area contributed by atoms with Crippen LogP contribution in [0.25, 0.3) is 0 Å². The largest absolute Gasteiger partial charge is 0.416 e. The number of halogens is 4. The molecule has 1 unspecified atom stereocenters. The van der Waals surface area contributed by atoms with E-state index in [1.54, 1.807) is 0 Å². The van der Waals surface area contributed by atoms with Crippen LogP contribution >= 0.6 is 12.6 Å². The second-order valence-electron chi connectivity index (χ2n) is 4.43. The van der Waals surface area contributed by atoms with Crippen molar-refractivity contribution in [3.8, 4) is 0 Å². The SMILES string of the molecule is O=C1CC(S)CN1Cc1ccc(F)cc1C(F)(F)F. The van der Waals surface area contributed by atoms with E-state index in [1.165, 1.54) is 4.90 Å². The summed E-state index contributed by atoms with van der Waals surface area (Å²) in [4.78, 5) is 12.8. The van der Waals surface area contributed by atoms with E-state index in [4.69, 9.17) is 0 Å². The van der Waals surface area contributed by atoms with E-state index in [-0.39, 0.29) is 29.7 Å². The minimum Gasteiger partial charge on any atom is -0.337 e. The highest BCUT2D eigenvalue weighted by Gasteiger charge is 2.35. The summed E-state index contributed by atoms with van der Waals surface area (Å²) in [7, 11) is 0. The van der Waals surface area contributed by atoms with Crippen molar-refractivity contribution in [1.29, 1.82) is 0 Å². The van der Waals surface area contributed by atoms with Crippen LogP contribution in [0.5, 0.6) is 0 Å². The van der Waals surface area contributed by atoms with Crippen LogP contribution in [0.3, 0.4) is 0 Å². The van der Waals surface area contributed by atoms with Crippen LogP contribution in [0.4, 0.5) is 17.6 Å². The molecule has 0 N–H and O–H groups in total. The summed E-state index contributed by atoms with van der Waals surface area (Å²) in [5, 5.41) is -0.165. The van der Waals surface area contributed by atoms with Gasteiger partial charge in [0.25, 0.3) is 0 Å². The van der Waals surface area contributed by atoms with Crippen molar-refractivity contribution in [1.82, 2.24) is 4.90 Å². The Bertz CT molecular complexity index is 503. The van der Waals surface area contributed by atoms with E-state index < -0.39 is 17.6 Å². The summed E-state index contributed by atoms with van der Waals surface area (Å²) in [6.45, 7) is 0.127. The molecule has 1 aliphatic rings. The van der Waals surface area contributed by atoms with Gasteiger partial charge in [-0.05, 0) is 17.7 Å². The molecular weight excluding hydrogens is 282 g/mol. The molecule has 1 aromatic carbocycles. The number of benzene rings is 1. The number of hydrogen-bond donors (Lipinski definition) is 1. The predicted octanol–water partition coefficient (Wildman–Crippen LogP) is 2.88. The Labute approximate surface area is 112 Å². The molecule has 0 radical (unpaired) electrons. The lowest BCUT2D eigenvalue weighted by atomic mass is 10.1. The number of alkyl halides is 3. The zero-order valence-corrected chi connectivity index (χ0v) is 10.6. The summed E-state index contributed by atoms with van der Waals surface area (Å²) in [5.41, 5.74) is -1.15. The van der Waals surface area contributed by atoms with Gasteiger partial charge in [0, 0.05) is 24.8 Å². The van der Waals surface area contributed by atoms with Crippen LogP contribution in [-0.4, -0.2) is 22.6 Å². The van der Waals surface area contributed by atoms with Crippen molar-refractivity contribution >= 4 is 18.5 Å². The highest BCUT2D eigenvalue weighted by atomic mass is 32.1. The molecule has 1 aromatic rings. The van der Waals surface area contributed by atoms with Gasteiger partial charge < -0.3 is 4.90 Å². The molecule has 1 aliphatic heterocycles. The molecule has 1 fully saturated rings. The molecule has 0 spiro atoms. The fourth-order valence-electron chi connectivity index (χ4n) is 2.06. The third-order valence-corrected chi connectivity index (χ3v) is 3.28. The maximum absolute atomic E-state index is 12.9. The molecular formula is C12H11F4NOS. The van der Waals surface area contributed by atoms with Gasteiger partial charge in [-0.3, -0.25) is 4.79 Å². The number of hydrogen-bond acceptors (Lipinski definition) is 2. The van der Waals surface area contributed by atoms with Crippen molar-refractivity contribution in [2.75, 3.05) is 6.54 Å². The fraction of sp³-hybridized carbons (Fsp3) is 0.417. The number of nitrogens with zero attached hydrogens (tertiary/aromatic N) is 1. The summed E-state index contributed by atoms with van der Waals surface area (Å²) in [5.74, 6) is -1.19. The molecule has 0 aromatic heterocycles. The monoisotopic (exact) mass is 293 g/mol. The first-order chi connectivity index (χ1) is 8.77. The lowest BCUT2D eigenvalue weighted by molar-refractivity contribution is -0.139. The summed E-state index contributed by atoms with van der Waals surface area (Å²) in [6.07, 6.45) is -4.42. The van der Waals surface area contributed by atoms with Crippen molar-refractivity contribution in [3.63, 3.8) is 0 Å². The number of thiol groups is 1. The highest BCUT2D eigenvalue weighted by Crippen LogP contribution is 2.33. The van der Waals surface area contributed by atoms with E-state index in [0.29, 0.717) is 12.6 Å². The van der Waals surface area contributed by atoms with Crippen LogP contribution in [0.15, 0.2) is 18.2 Å². The zero-order chi connectivity index (χ0) is 14.2. The van der Waals surface area contributed by atoms with Gasteiger partial charge in [0.05, 0.1) is 5.56 Å². The molecule has 1 amide bonds. The van der Waals surface area contributed by atoms with E-state index in [9.17, 15) is 22.4 Å². The minimum atomic E-state index is -4.64. The third kappa shape index (κ3) is 3.20. The van der Waals surface area contributed by atoms with Crippen molar-refractivity contribution in [3.05, 3.63) is 35.1 Å². The van der Waals surface area contributed by atoms with Gasteiger partial charge in [0.15, 0.2) is 0 Å². The van der Waals surface area contributed by atoms with E-state index in [2.05, 4.69) is 12.6 Å². The van der Waals surface area contributed by atoms with Crippen LogP contribution in [0.2, 0.25) is 0 Å². The smallest absolute Gasteiger partial charge is 0.337 e. The van der Waals surface area contributed by atoms with Gasteiger partial charge in [-0.15, -0.1) is 0 Å². The first-order valence-corrected chi connectivity index (χ1v) is 6.10. The van der Waals surface area contributed by atoms with Gasteiger partial charge in [-0.2, -0.15) is 25.8 Å². The summed E-state index contributed by atoms with van der Waals surface area (Å²) >= 11 is 4.13. The Balaban J connectivity index is 2.28. The van der Waals surface area contributed by atoms with E-state index in [0.717, 1.165) is 12.1 Å². The lowest BCUT2D eigenvalue weighted by Gasteiger charge is -2.19. The standard InChI is InChI=1S/C12H11F4NOS/c13-8-2-1-7(10(3-8)12(14,15)16)5-17-6-9(19)4-11(17)18/h1-3,9,19H,4-6H2. The average Bonchev–Trinajstić information content (AvgIpc) is 2.58. The minimum absolute atomic E-state index is 0.107. The second kappa shape index (κ2) is 5.03. The molecule has 0 bridgehead atoms. The predicted molar refractivity (Wildman–Crippen MR) is 64.2 cm³/mol. The van der Waals surface area contributed by atoms with Crippen LogP contribution in [0.1, 0.15) is 17.5 Å². The number of rotatable bonds is 2. The average molecular weight is 293 g/mol. The van der Waals surface area contributed by atoms with E-state index in [1.807, 2.05) is 0 Å². The quantitative estimate of drug-likeness (QED) is 0.657. The van der Waals surface area contributed by atoms with Crippen molar-refractivity contribution < 1.29 is 22.4 Å². The zero-order valence-electron chi connectivity index (χ0n) is 9.75. The van der Waals surface area contributed by atoms with Crippen molar-refractivity contribution in [2.24, 2.45) is 0 Å². The molecule has 104 valence electrons. The molecule has 0 aliphatic carbocycles. The van der Waals surface area contributed by atoms with Gasteiger partial charge in [0.1, 0.15) is 5.82 Å². The van der Waals surface area contributed by atoms with Gasteiger partial charge in [0.2, 0.25) is 5.91 Å². The first kappa shape index (κ1) is 14.2. The Morgan fingerprint density at radius 3 is 2.58 bits per heavy atom. The molecule has 1 saturated heterocycles. The fourth-order valence-corrected chi connectivity index (χ4v) is 2.41. The normalized spacial score (nSPS) is 20.2. The number of carbonyl (C=O) groups excluding carboxylic acids is 1. The Morgan fingerprint density at radius 1 is 1.37 bits per heavy atom. The molecule has 2 nitrogen and oxygen atoms in total. The molecule has 0 saturated carbocycles. The van der Waals surface area contributed by atoms with Gasteiger partial charge in [-0.25, -0.2) is 4.39 Å².